The van der Waals surface area contributed by atoms with Crippen molar-refractivity contribution in [2.24, 2.45) is 11.3 Å². The molecule has 0 saturated carbocycles. The zero-order valence-corrected chi connectivity index (χ0v) is 15.6. The summed E-state index contributed by atoms with van der Waals surface area (Å²) >= 11 is 0. The summed E-state index contributed by atoms with van der Waals surface area (Å²) in [5, 5.41) is 0. The van der Waals surface area contributed by atoms with Crippen LogP contribution in [0.25, 0.3) is 0 Å². The zero-order chi connectivity index (χ0) is 17.8. The van der Waals surface area contributed by atoms with Crippen molar-refractivity contribution in [3.63, 3.8) is 0 Å². The van der Waals surface area contributed by atoms with Crippen LogP contribution in [-0.2, 0) is 17.9 Å². The summed E-state index contributed by atoms with van der Waals surface area (Å²) in [5.41, 5.74) is 2.88. The Kier molecular flexibility index (Phi) is 5.29. The molecule has 0 N–H and O–H groups in total. The summed E-state index contributed by atoms with van der Waals surface area (Å²) in [6, 6.07) is 8.30. The topological polar surface area (TPSA) is 41.5 Å². The fourth-order valence-electron chi connectivity index (χ4n) is 4.66. The van der Waals surface area contributed by atoms with Crippen LogP contribution in [0.1, 0.15) is 17.5 Å². The second kappa shape index (κ2) is 7.82. The predicted octanol–water partition coefficient (Wildman–Crippen LogP) is 2.45. The third kappa shape index (κ3) is 3.95. The summed E-state index contributed by atoms with van der Waals surface area (Å²) in [4.78, 5) is 13.4. The lowest BCUT2D eigenvalue weighted by Crippen LogP contribution is -2.36. The first-order valence-electron chi connectivity index (χ1n) is 9.50. The number of likely N-dealkylation sites (tertiary alicyclic amines) is 2. The second-order valence-corrected chi connectivity index (χ2v) is 7.95. The van der Waals surface area contributed by atoms with Crippen molar-refractivity contribution in [3.8, 4) is 0 Å². The summed E-state index contributed by atoms with van der Waals surface area (Å²) in [6.45, 7) is 7.18. The third-order valence-corrected chi connectivity index (χ3v) is 5.91. The molecule has 5 heteroatoms. The monoisotopic (exact) mass is 352 g/mol. The Morgan fingerprint density at radius 3 is 2.81 bits per heavy atom. The largest absolute Gasteiger partial charge is 0.376 e. The van der Waals surface area contributed by atoms with Crippen LogP contribution in [0.15, 0.2) is 49.1 Å². The summed E-state index contributed by atoms with van der Waals surface area (Å²) in [5.74, 6) is 0.603. The van der Waals surface area contributed by atoms with E-state index in [1.165, 1.54) is 31.6 Å². The highest BCUT2D eigenvalue weighted by molar-refractivity contribution is 5.11. The molecule has 4 rings (SSSR count). The van der Waals surface area contributed by atoms with Gasteiger partial charge < -0.3 is 9.64 Å². The van der Waals surface area contributed by atoms with Gasteiger partial charge in [-0.05, 0) is 49.3 Å². The normalized spacial score (nSPS) is 26.7. The van der Waals surface area contributed by atoms with Crippen LogP contribution in [0.5, 0.6) is 0 Å². The van der Waals surface area contributed by atoms with E-state index >= 15 is 0 Å². The Bertz CT molecular complexity index is 696. The van der Waals surface area contributed by atoms with Crippen molar-refractivity contribution in [1.82, 2.24) is 19.8 Å². The minimum absolute atomic E-state index is 0.372. The Labute approximate surface area is 156 Å². The van der Waals surface area contributed by atoms with E-state index in [0.717, 1.165) is 25.3 Å². The SMILES string of the molecule is CN1C[C@@H](COCc2cccnc2)[C@]2(CCN(Cc3ccncc3)C2)C1. The summed E-state index contributed by atoms with van der Waals surface area (Å²) in [6.07, 6.45) is 8.74. The smallest absolute Gasteiger partial charge is 0.0731 e. The van der Waals surface area contributed by atoms with Crippen molar-refractivity contribution in [1.29, 1.82) is 0 Å². The second-order valence-electron chi connectivity index (χ2n) is 7.95. The Balaban J connectivity index is 1.35. The number of nitrogens with zero attached hydrogens (tertiary/aromatic N) is 4. The Morgan fingerprint density at radius 2 is 2.00 bits per heavy atom. The lowest BCUT2D eigenvalue weighted by molar-refractivity contribution is 0.0515. The first kappa shape index (κ1) is 17.6. The molecule has 0 aromatic carbocycles. The van der Waals surface area contributed by atoms with Gasteiger partial charge in [-0.1, -0.05) is 6.07 Å². The highest BCUT2D eigenvalue weighted by atomic mass is 16.5. The molecule has 2 saturated heterocycles. The Morgan fingerprint density at radius 1 is 1.12 bits per heavy atom. The first-order valence-corrected chi connectivity index (χ1v) is 9.50. The minimum Gasteiger partial charge on any atom is -0.376 e. The average molecular weight is 352 g/mol. The molecular weight excluding hydrogens is 324 g/mol. The van der Waals surface area contributed by atoms with Crippen molar-refractivity contribution in [2.45, 2.75) is 19.6 Å². The minimum atomic E-state index is 0.372. The van der Waals surface area contributed by atoms with Crippen LogP contribution in [0.4, 0.5) is 0 Å². The molecular formula is C21H28N4O. The van der Waals surface area contributed by atoms with E-state index in [9.17, 15) is 0 Å². The van der Waals surface area contributed by atoms with Crippen molar-refractivity contribution >= 4 is 0 Å². The van der Waals surface area contributed by atoms with Gasteiger partial charge in [0.25, 0.3) is 0 Å². The number of hydrogen-bond donors (Lipinski definition) is 0. The summed E-state index contributed by atoms with van der Waals surface area (Å²) < 4.78 is 6.10. The molecule has 0 aliphatic carbocycles. The summed E-state index contributed by atoms with van der Waals surface area (Å²) in [7, 11) is 2.24. The van der Waals surface area contributed by atoms with Crippen molar-refractivity contribution in [3.05, 3.63) is 60.2 Å². The van der Waals surface area contributed by atoms with Gasteiger partial charge >= 0.3 is 0 Å². The molecule has 2 aromatic rings. The first-order chi connectivity index (χ1) is 12.7. The molecule has 2 fully saturated rings. The van der Waals surface area contributed by atoms with Gasteiger partial charge in [0.1, 0.15) is 0 Å². The molecule has 0 radical (unpaired) electrons. The Hall–Kier alpha value is -1.82. The molecule has 26 heavy (non-hydrogen) atoms. The predicted molar refractivity (Wildman–Crippen MR) is 101 cm³/mol. The number of aromatic nitrogens is 2. The van der Waals surface area contributed by atoms with Gasteiger partial charge in [-0.15, -0.1) is 0 Å². The number of pyridine rings is 2. The molecule has 138 valence electrons. The molecule has 2 aliphatic heterocycles. The number of hydrogen-bond acceptors (Lipinski definition) is 5. The zero-order valence-electron chi connectivity index (χ0n) is 15.6. The van der Waals surface area contributed by atoms with Gasteiger partial charge in [-0.2, -0.15) is 0 Å². The maximum absolute atomic E-state index is 6.10. The molecule has 2 aliphatic rings. The molecule has 0 bridgehead atoms. The van der Waals surface area contributed by atoms with Crippen molar-refractivity contribution in [2.75, 3.05) is 39.8 Å². The van der Waals surface area contributed by atoms with Gasteiger partial charge in [0.2, 0.25) is 0 Å². The maximum atomic E-state index is 6.10. The third-order valence-electron chi connectivity index (χ3n) is 5.91. The molecule has 4 heterocycles. The average Bonchev–Trinajstić information content (AvgIpc) is 3.20. The van der Waals surface area contributed by atoms with E-state index in [2.05, 4.69) is 45.0 Å². The van der Waals surface area contributed by atoms with E-state index < -0.39 is 0 Å². The van der Waals surface area contributed by atoms with Gasteiger partial charge in [0, 0.05) is 62.3 Å². The highest BCUT2D eigenvalue weighted by Gasteiger charge is 2.49. The molecule has 0 amide bonds. The quantitative estimate of drug-likeness (QED) is 0.799. The lowest BCUT2D eigenvalue weighted by atomic mass is 9.77. The molecule has 5 nitrogen and oxygen atoms in total. The van der Waals surface area contributed by atoms with Crippen LogP contribution < -0.4 is 0 Å². The maximum Gasteiger partial charge on any atom is 0.0731 e. The van der Waals surface area contributed by atoms with Crippen LogP contribution >= 0.6 is 0 Å². The highest BCUT2D eigenvalue weighted by Crippen LogP contribution is 2.43. The van der Waals surface area contributed by atoms with Crippen LogP contribution in [0, 0.1) is 11.3 Å². The standard InChI is InChI=1S/C21H28N4O/c1-24-13-20(15-26-14-19-3-2-7-23-11-19)21(16-24)6-10-25(17-21)12-18-4-8-22-9-5-18/h2-5,7-9,11,20H,6,10,12-17H2,1H3/t20-,21+/m0/s1. The van der Waals surface area contributed by atoms with Crippen molar-refractivity contribution < 1.29 is 4.74 Å². The molecule has 2 aromatic heterocycles. The molecule has 1 spiro atoms. The lowest BCUT2D eigenvalue weighted by Gasteiger charge is -2.30. The van der Waals surface area contributed by atoms with E-state index in [-0.39, 0.29) is 0 Å². The number of rotatable bonds is 6. The van der Waals surface area contributed by atoms with Crippen LogP contribution in [0.3, 0.4) is 0 Å². The van der Waals surface area contributed by atoms with Crippen LogP contribution in [0.2, 0.25) is 0 Å². The molecule has 0 unspecified atom stereocenters. The fourth-order valence-corrected chi connectivity index (χ4v) is 4.66. The molecule has 2 atom stereocenters. The van der Waals surface area contributed by atoms with Gasteiger partial charge in [-0.3, -0.25) is 14.9 Å². The fraction of sp³-hybridized carbons (Fsp3) is 0.524. The number of ether oxygens (including phenoxy) is 1. The van der Waals surface area contributed by atoms with Gasteiger partial charge in [0.15, 0.2) is 0 Å². The van der Waals surface area contributed by atoms with Gasteiger partial charge in [-0.25, -0.2) is 0 Å². The van der Waals surface area contributed by atoms with Gasteiger partial charge in [0.05, 0.1) is 13.2 Å². The van der Waals surface area contributed by atoms with E-state index in [1.807, 2.05) is 24.7 Å². The van der Waals surface area contributed by atoms with E-state index in [1.54, 1.807) is 6.20 Å². The van der Waals surface area contributed by atoms with E-state index in [0.29, 0.717) is 17.9 Å². The van der Waals surface area contributed by atoms with Crippen LogP contribution in [-0.4, -0.2) is 59.6 Å². The van der Waals surface area contributed by atoms with E-state index in [4.69, 9.17) is 4.74 Å².